The van der Waals surface area contributed by atoms with Crippen LogP contribution in [0.1, 0.15) is 22.0 Å². The molecule has 0 bridgehead atoms. The fraction of sp³-hybridized carbons (Fsp3) is 0.111. The summed E-state index contributed by atoms with van der Waals surface area (Å²) in [5.41, 5.74) is 0.773. The van der Waals surface area contributed by atoms with Gasteiger partial charge in [-0.25, -0.2) is 9.59 Å². The number of hydrogen-bond donors (Lipinski definition) is 1. The van der Waals surface area contributed by atoms with Crippen molar-refractivity contribution < 1.29 is 19.4 Å². The van der Waals surface area contributed by atoms with Crippen LogP contribution in [0, 0.1) is 0 Å². The molecule has 5 heteroatoms. The second-order valence-electron chi connectivity index (χ2n) is 2.71. The van der Waals surface area contributed by atoms with Gasteiger partial charge < -0.3 is 9.84 Å². The van der Waals surface area contributed by atoms with Gasteiger partial charge in [0.2, 0.25) is 6.10 Å². The zero-order chi connectivity index (χ0) is 9.42. The van der Waals surface area contributed by atoms with Crippen LogP contribution >= 0.6 is 0 Å². The Morgan fingerprint density at radius 1 is 1.36 bits per heavy atom. The van der Waals surface area contributed by atoms with Gasteiger partial charge in [0, 0.05) is 5.56 Å². The molecule has 1 aromatic carbocycles. The standard InChI is InChI=1S/C9H6O4.Li.H/c10-8(11)7-5-3-1-2-4-6(5)9(12)13-7;;/h1-4,7H,(H,10,11);;. The zero-order valence-corrected chi connectivity index (χ0v) is 6.56. The summed E-state index contributed by atoms with van der Waals surface area (Å²) in [5.74, 6) is -1.71. The first-order chi connectivity index (χ1) is 6.20. The number of ether oxygens (including phenoxy) is 1. The van der Waals surface area contributed by atoms with Crippen molar-refractivity contribution in [1.29, 1.82) is 0 Å². The van der Waals surface area contributed by atoms with Crippen molar-refractivity contribution in [2.24, 2.45) is 0 Å². The summed E-state index contributed by atoms with van der Waals surface area (Å²) >= 11 is 0. The summed E-state index contributed by atoms with van der Waals surface area (Å²) in [4.78, 5) is 21.7. The van der Waals surface area contributed by atoms with Crippen LogP contribution in [-0.4, -0.2) is 35.9 Å². The Morgan fingerprint density at radius 3 is 2.64 bits per heavy atom. The van der Waals surface area contributed by atoms with Gasteiger partial charge in [0.1, 0.15) is 0 Å². The molecule has 68 valence electrons. The number of carbonyl (C=O) groups is 2. The SMILES string of the molecule is O=C1OC(C(=O)O)c2ccccc21.[LiH]. The molecule has 0 amide bonds. The molecule has 1 N–H and O–H groups in total. The number of cyclic esters (lactones) is 1. The fourth-order valence-electron chi connectivity index (χ4n) is 1.33. The van der Waals surface area contributed by atoms with Crippen molar-refractivity contribution >= 4 is 30.8 Å². The molecule has 0 spiro atoms. The van der Waals surface area contributed by atoms with Crippen LogP contribution in [0.3, 0.4) is 0 Å². The monoisotopic (exact) mass is 186 g/mol. The average molecular weight is 186 g/mol. The number of carbonyl (C=O) groups excluding carboxylic acids is 1. The molecule has 2 rings (SSSR count). The Labute approximate surface area is 92.0 Å². The minimum absolute atomic E-state index is 0. The first-order valence-electron chi connectivity index (χ1n) is 3.73. The van der Waals surface area contributed by atoms with E-state index >= 15 is 0 Å². The molecule has 1 aliphatic heterocycles. The molecule has 0 aromatic heterocycles. The van der Waals surface area contributed by atoms with E-state index in [0.29, 0.717) is 11.1 Å². The van der Waals surface area contributed by atoms with Crippen LogP contribution < -0.4 is 0 Å². The molecule has 1 heterocycles. The Kier molecular flexibility index (Phi) is 2.99. The third-order valence-electron chi connectivity index (χ3n) is 1.91. The van der Waals surface area contributed by atoms with Crippen molar-refractivity contribution in [2.75, 3.05) is 0 Å². The summed E-state index contributed by atoms with van der Waals surface area (Å²) in [6.07, 6.45) is -1.14. The maximum atomic E-state index is 11.1. The molecule has 0 radical (unpaired) electrons. The number of rotatable bonds is 1. The number of aliphatic carboxylic acids is 1. The van der Waals surface area contributed by atoms with Gasteiger partial charge in [-0.1, -0.05) is 18.2 Å². The number of fused-ring (bicyclic) bond motifs is 1. The van der Waals surface area contributed by atoms with Gasteiger partial charge in [-0.2, -0.15) is 0 Å². The molecule has 1 unspecified atom stereocenters. The summed E-state index contributed by atoms with van der Waals surface area (Å²) in [6.45, 7) is 0. The van der Waals surface area contributed by atoms with Gasteiger partial charge in [0.25, 0.3) is 0 Å². The molecule has 14 heavy (non-hydrogen) atoms. The second-order valence-corrected chi connectivity index (χ2v) is 2.71. The van der Waals surface area contributed by atoms with E-state index in [0.717, 1.165) is 0 Å². The Balaban J connectivity index is 0.000000980. The third kappa shape index (κ3) is 1.54. The van der Waals surface area contributed by atoms with E-state index in [9.17, 15) is 9.59 Å². The quantitative estimate of drug-likeness (QED) is 0.507. The molecular formula is C9H7LiO4. The van der Waals surface area contributed by atoms with E-state index in [2.05, 4.69) is 4.74 Å². The van der Waals surface area contributed by atoms with Gasteiger partial charge in [-0.15, -0.1) is 0 Å². The van der Waals surface area contributed by atoms with Crippen molar-refractivity contribution in [1.82, 2.24) is 0 Å². The van der Waals surface area contributed by atoms with Crippen molar-refractivity contribution in [2.45, 2.75) is 6.10 Å². The second kappa shape index (κ2) is 3.87. The molecule has 1 aromatic rings. The van der Waals surface area contributed by atoms with Gasteiger partial charge >= 0.3 is 30.8 Å². The molecule has 1 atom stereocenters. The predicted molar refractivity (Wildman–Crippen MR) is 49.4 cm³/mol. The van der Waals surface area contributed by atoms with E-state index in [1.54, 1.807) is 24.3 Å². The first kappa shape index (κ1) is 10.8. The van der Waals surface area contributed by atoms with E-state index in [1.807, 2.05) is 0 Å². The maximum absolute atomic E-state index is 11.1. The van der Waals surface area contributed by atoms with E-state index in [-0.39, 0.29) is 18.9 Å². The number of esters is 1. The number of carboxylic acids is 1. The Hall–Kier alpha value is -1.24. The number of benzene rings is 1. The van der Waals surface area contributed by atoms with Crippen LogP contribution in [0.25, 0.3) is 0 Å². The Morgan fingerprint density at radius 2 is 2.00 bits per heavy atom. The topological polar surface area (TPSA) is 63.6 Å². The van der Waals surface area contributed by atoms with Crippen molar-refractivity contribution in [3.63, 3.8) is 0 Å². The number of carboxylic acid groups (broad SMARTS) is 1. The average Bonchev–Trinajstić information content (AvgIpc) is 2.45. The van der Waals surface area contributed by atoms with Crippen LogP contribution in [0.5, 0.6) is 0 Å². The predicted octanol–water partition coefficient (Wildman–Crippen LogP) is 0.334. The Bertz CT molecular complexity index is 388. The van der Waals surface area contributed by atoms with Gasteiger partial charge in [-0.3, -0.25) is 0 Å². The molecule has 0 fully saturated rings. The van der Waals surface area contributed by atoms with Crippen LogP contribution in [0.4, 0.5) is 0 Å². The van der Waals surface area contributed by atoms with Gasteiger partial charge in [-0.05, 0) is 6.07 Å². The molecule has 1 aliphatic rings. The van der Waals surface area contributed by atoms with Crippen molar-refractivity contribution in [3.05, 3.63) is 35.4 Å². The van der Waals surface area contributed by atoms with E-state index < -0.39 is 18.0 Å². The molecule has 0 saturated carbocycles. The summed E-state index contributed by atoms with van der Waals surface area (Å²) in [7, 11) is 0. The summed E-state index contributed by atoms with van der Waals surface area (Å²) < 4.78 is 4.65. The molecule has 4 nitrogen and oxygen atoms in total. The van der Waals surface area contributed by atoms with Gasteiger partial charge in [0.05, 0.1) is 5.56 Å². The van der Waals surface area contributed by atoms with Gasteiger partial charge in [0.15, 0.2) is 0 Å². The minimum atomic E-state index is -1.14. The molecular weight excluding hydrogens is 179 g/mol. The summed E-state index contributed by atoms with van der Waals surface area (Å²) in [5, 5.41) is 8.70. The van der Waals surface area contributed by atoms with E-state index in [4.69, 9.17) is 5.11 Å². The normalized spacial score (nSPS) is 18.0. The van der Waals surface area contributed by atoms with Crippen LogP contribution in [0.15, 0.2) is 24.3 Å². The zero-order valence-electron chi connectivity index (χ0n) is 6.56. The fourth-order valence-corrected chi connectivity index (χ4v) is 1.33. The number of hydrogen-bond acceptors (Lipinski definition) is 3. The van der Waals surface area contributed by atoms with E-state index in [1.165, 1.54) is 0 Å². The van der Waals surface area contributed by atoms with Crippen molar-refractivity contribution in [3.8, 4) is 0 Å². The first-order valence-corrected chi connectivity index (χ1v) is 3.73. The molecule has 0 aliphatic carbocycles. The summed E-state index contributed by atoms with van der Waals surface area (Å²) in [6, 6.07) is 6.49. The van der Waals surface area contributed by atoms with Crippen LogP contribution in [-0.2, 0) is 9.53 Å². The van der Waals surface area contributed by atoms with Crippen LogP contribution in [0.2, 0.25) is 0 Å². The molecule has 0 saturated heterocycles. The third-order valence-corrected chi connectivity index (χ3v) is 1.91.